The molecule has 1 saturated heterocycles. The van der Waals surface area contributed by atoms with E-state index in [0.717, 1.165) is 71.6 Å². The maximum absolute atomic E-state index is 6.35. The lowest BCUT2D eigenvalue weighted by atomic mass is 10.0. The molecular weight excluding hydrogens is 573 g/mol. The van der Waals surface area contributed by atoms with Gasteiger partial charge in [-0.15, -0.1) is 0 Å². The van der Waals surface area contributed by atoms with E-state index in [1.807, 2.05) is 36.5 Å². The van der Waals surface area contributed by atoms with Gasteiger partial charge in [-0.2, -0.15) is 9.97 Å². The van der Waals surface area contributed by atoms with Gasteiger partial charge in [0.2, 0.25) is 14.3 Å². The van der Waals surface area contributed by atoms with Crippen LogP contribution in [-0.2, 0) is 9.05 Å². The molecule has 3 heterocycles. The second-order valence-corrected chi connectivity index (χ2v) is 13.7. The molecule has 0 bridgehead atoms. The standard InChI is InChI=1S/C33H46N7O3P/c1-22(2)21-39(5)25-15-18-40(19-16-25)28-13-12-24(20-29(28)43-23(3)4)35-33-37-31-26(14-17-34-31)32(38-33)36-27-10-8-9-11-30(27)44(41-6)42-7/h8-14,17,20,22-23,25H,15-16,18-19,21H2,1-7H3,(H3,34,35,36,37,38). The van der Waals surface area contributed by atoms with Gasteiger partial charge in [-0.3, -0.25) is 0 Å². The van der Waals surface area contributed by atoms with Crippen LogP contribution < -0.4 is 25.6 Å². The van der Waals surface area contributed by atoms with E-state index in [9.17, 15) is 0 Å². The number of aromatic nitrogens is 3. The highest BCUT2D eigenvalue weighted by Gasteiger charge is 2.25. The molecule has 2 aromatic carbocycles. The highest BCUT2D eigenvalue weighted by molar-refractivity contribution is 7.56. The molecule has 236 valence electrons. The molecule has 0 aliphatic carbocycles. The van der Waals surface area contributed by atoms with E-state index in [0.29, 0.717) is 23.7 Å². The van der Waals surface area contributed by atoms with E-state index in [4.69, 9.17) is 23.8 Å². The Hall–Kier alpha value is -3.43. The first kappa shape index (κ1) is 32.0. The van der Waals surface area contributed by atoms with Crippen molar-refractivity contribution in [2.24, 2.45) is 5.92 Å². The topological polar surface area (TPSA) is 99.8 Å². The third kappa shape index (κ3) is 7.61. The summed E-state index contributed by atoms with van der Waals surface area (Å²) in [4.78, 5) is 17.8. The normalized spacial score (nSPS) is 14.4. The van der Waals surface area contributed by atoms with Crippen molar-refractivity contribution in [3.63, 3.8) is 0 Å². The molecule has 1 aliphatic rings. The predicted octanol–water partition coefficient (Wildman–Crippen LogP) is 7.02. The van der Waals surface area contributed by atoms with Crippen molar-refractivity contribution in [2.75, 3.05) is 56.4 Å². The first-order valence-corrected chi connectivity index (χ1v) is 16.6. The number of anilines is 5. The monoisotopic (exact) mass is 619 g/mol. The average Bonchev–Trinajstić information content (AvgIpc) is 3.47. The number of para-hydroxylation sites is 1. The number of aromatic amines is 1. The molecule has 10 nitrogen and oxygen atoms in total. The van der Waals surface area contributed by atoms with Crippen LogP contribution in [0, 0.1) is 5.92 Å². The van der Waals surface area contributed by atoms with Gasteiger partial charge in [0.25, 0.3) is 0 Å². The zero-order valence-corrected chi connectivity index (χ0v) is 27.8. The van der Waals surface area contributed by atoms with Gasteiger partial charge in [-0.1, -0.05) is 26.0 Å². The Morgan fingerprint density at radius 2 is 1.75 bits per heavy atom. The van der Waals surface area contributed by atoms with E-state index >= 15 is 0 Å². The molecule has 4 aromatic rings. The van der Waals surface area contributed by atoms with Gasteiger partial charge >= 0.3 is 0 Å². The predicted molar refractivity (Wildman–Crippen MR) is 182 cm³/mol. The van der Waals surface area contributed by atoms with Crippen molar-refractivity contribution >= 4 is 53.5 Å². The minimum absolute atomic E-state index is 0.0470. The quantitative estimate of drug-likeness (QED) is 0.136. The zero-order valence-electron chi connectivity index (χ0n) is 26.9. The zero-order chi connectivity index (χ0) is 31.2. The van der Waals surface area contributed by atoms with Crippen LogP contribution in [0.4, 0.5) is 28.8 Å². The number of hydrogen-bond donors (Lipinski definition) is 3. The van der Waals surface area contributed by atoms with Crippen molar-refractivity contribution < 1.29 is 13.8 Å². The molecule has 0 amide bonds. The minimum Gasteiger partial charge on any atom is -0.489 e. The summed E-state index contributed by atoms with van der Waals surface area (Å²) in [7, 11) is 4.34. The van der Waals surface area contributed by atoms with Crippen LogP contribution in [0.15, 0.2) is 54.7 Å². The second kappa shape index (κ2) is 14.6. The molecule has 1 aliphatic heterocycles. The van der Waals surface area contributed by atoms with Gasteiger partial charge in [0.1, 0.15) is 17.2 Å². The van der Waals surface area contributed by atoms with E-state index in [-0.39, 0.29) is 6.10 Å². The van der Waals surface area contributed by atoms with Crippen LogP contribution in [0.1, 0.15) is 40.5 Å². The van der Waals surface area contributed by atoms with Gasteiger partial charge < -0.3 is 39.2 Å². The van der Waals surface area contributed by atoms with Crippen molar-refractivity contribution in [1.82, 2.24) is 19.9 Å². The molecule has 0 unspecified atom stereocenters. The van der Waals surface area contributed by atoms with Crippen LogP contribution in [0.5, 0.6) is 5.75 Å². The fraction of sp³-hybridized carbons (Fsp3) is 0.455. The Bertz CT molecular complexity index is 1520. The Kier molecular flexibility index (Phi) is 10.6. The molecule has 3 N–H and O–H groups in total. The van der Waals surface area contributed by atoms with E-state index in [1.165, 1.54) is 0 Å². The lowest BCUT2D eigenvalue weighted by Gasteiger charge is -2.39. The maximum atomic E-state index is 6.35. The fourth-order valence-corrected chi connectivity index (χ4v) is 6.91. The number of benzene rings is 2. The Balaban J connectivity index is 1.38. The summed E-state index contributed by atoms with van der Waals surface area (Å²) in [5.74, 6) is 2.68. The molecule has 1 fully saturated rings. The number of nitrogens with one attached hydrogen (secondary N) is 3. The summed E-state index contributed by atoms with van der Waals surface area (Å²) in [6.45, 7) is 11.8. The number of ether oxygens (including phenoxy) is 1. The first-order valence-electron chi connectivity index (χ1n) is 15.4. The second-order valence-electron chi connectivity index (χ2n) is 11.9. The average molecular weight is 620 g/mol. The number of rotatable bonds is 13. The van der Waals surface area contributed by atoms with E-state index in [2.05, 4.69) is 78.4 Å². The highest BCUT2D eigenvalue weighted by atomic mass is 31.2. The molecule has 2 aromatic heterocycles. The van der Waals surface area contributed by atoms with Gasteiger partial charge in [-0.05, 0) is 70.0 Å². The van der Waals surface area contributed by atoms with Crippen molar-refractivity contribution in [3.8, 4) is 5.75 Å². The fourth-order valence-electron chi connectivity index (χ4n) is 5.83. The molecule has 0 saturated carbocycles. The van der Waals surface area contributed by atoms with E-state index in [1.54, 1.807) is 14.2 Å². The van der Waals surface area contributed by atoms with Gasteiger partial charge in [0, 0.05) is 57.8 Å². The number of nitrogens with zero attached hydrogens (tertiary/aromatic N) is 4. The Morgan fingerprint density at radius 1 is 1.00 bits per heavy atom. The van der Waals surface area contributed by atoms with Gasteiger partial charge in [-0.25, -0.2) is 0 Å². The molecule has 0 atom stereocenters. The largest absolute Gasteiger partial charge is 0.489 e. The molecule has 11 heteroatoms. The number of piperidine rings is 1. The summed E-state index contributed by atoms with van der Waals surface area (Å²) in [5.41, 5.74) is 3.58. The molecule has 0 radical (unpaired) electrons. The Labute approximate surface area is 262 Å². The summed E-state index contributed by atoms with van der Waals surface area (Å²) < 4.78 is 17.5. The van der Waals surface area contributed by atoms with Crippen molar-refractivity contribution in [1.29, 1.82) is 0 Å². The molecule has 44 heavy (non-hydrogen) atoms. The van der Waals surface area contributed by atoms with Gasteiger partial charge in [0.05, 0.1) is 28.2 Å². The SMILES string of the molecule is COP(OC)c1ccccc1Nc1nc(Nc2ccc(N3CCC(N(C)CC(C)C)CC3)c(OC(C)C)c2)nc2[nH]ccc12. The van der Waals surface area contributed by atoms with Crippen LogP contribution in [-0.4, -0.2) is 72.9 Å². The summed E-state index contributed by atoms with van der Waals surface area (Å²) in [5, 5.41) is 8.74. The molecule has 5 rings (SSSR count). The van der Waals surface area contributed by atoms with Gasteiger partial charge in [0.15, 0.2) is 0 Å². The van der Waals surface area contributed by atoms with Crippen LogP contribution in [0.2, 0.25) is 0 Å². The lowest BCUT2D eigenvalue weighted by Crippen LogP contribution is -2.44. The third-order valence-electron chi connectivity index (χ3n) is 7.76. The lowest BCUT2D eigenvalue weighted by molar-refractivity contribution is 0.187. The number of H-pyrrole nitrogens is 1. The summed E-state index contributed by atoms with van der Waals surface area (Å²) in [6, 6.07) is 16.8. The third-order valence-corrected chi connectivity index (χ3v) is 9.21. The smallest absolute Gasteiger partial charge is 0.231 e. The Morgan fingerprint density at radius 3 is 2.45 bits per heavy atom. The number of hydrogen-bond acceptors (Lipinski definition) is 9. The van der Waals surface area contributed by atoms with Crippen LogP contribution in [0.3, 0.4) is 0 Å². The van der Waals surface area contributed by atoms with Crippen LogP contribution >= 0.6 is 8.38 Å². The highest BCUT2D eigenvalue weighted by Crippen LogP contribution is 2.39. The molecule has 0 spiro atoms. The minimum atomic E-state index is -1.23. The van der Waals surface area contributed by atoms with Crippen LogP contribution in [0.25, 0.3) is 11.0 Å². The summed E-state index contributed by atoms with van der Waals surface area (Å²) >= 11 is 0. The van der Waals surface area contributed by atoms with Crippen molar-refractivity contribution in [3.05, 3.63) is 54.7 Å². The maximum Gasteiger partial charge on any atom is 0.231 e. The van der Waals surface area contributed by atoms with E-state index < -0.39 is 8.38 Å². The van der Waals surface area contributed by atoms with Crippen molar-refractivity contribution in [2.45, 2.75) is 52.7 Å². The summed E-state index contributed by atoms with van der Waals surface area (Å²) in [6.07, 6.45) is 4.20. The first-order chi connectivity index (χ1) is 21.2. The molecular formula is C33H46N7O3P. The number of fused-ring (bicyclic) bond motifs is 1.